The smallest absolute Gasteiger partial charge is 0.0199 e. The van der Waals surface area contributed by atoms with Crippen LogP contribution in [-0.2, 0) is 5.41 Å². The van der Waals surface area contributed by atoms with Crippen LogP contribution in [0.2, 0.25) is 0 Å². The lowest BCUT2D eigenvalue weighted by Gasteiger charge is -2.35. The van der Waals surface area contributed by atoms with Gasteiger partial charge in [0, 0.05) is 12.0 Å². The topological polar surface area (TPSA) is 3.24 Å². The molecule has 0 unspecified atom stereocenters. The lowest BCUT2D eigenvalue weighted by molar-refractivity contribution is 0.272. The van der Waals surface area contributed by atoms with E-state index in [-0.39, 0.29) is 5.41 Å². The summed E-state index contributed by atoms with van der Waals surface area (Å²) in [7, 11) is 0. The zero-order chi connectivity index (χ0) is 16.5. The first kappa shape index (κ1) is 18.3. The van der Waals surface area contributed by atoms with Gasteiger partial charge in [0.15, 0.2) is 0 Å². The number of benzene rings is 1. The minimum atomic E-state index is 0.234. The van der Waals surface area contributed by atoms with Crippen LogP contribution in [0, 0.1) is 0 Å². The largest absolute Gasteiger partial charge is 0.299 e. The summed E-state index contributed by atoms with van der Waals surface area (Å²) >= 11 is 0. The van der Waals surface area contributed by atoms with E-state index in [2.05, 4.69) is 55.7 Å². The first-order valence-corrected chi connectivity index (χ1v) is 9.69. The highest BCUT2D eigenvalue weighted by molar-refractivity contribution is 5.37. The molecule has 1 heteroatoms. The number of hydrogen-bond acceptors (Lipinski definition) is 1. The second kappa shape index (κ2) is 9.27. The molecule has 1 nitrogen and oxygen atoms in total. The molecule has 128 valence electrons. The van der Waals surface area contributed by atoms with Gasteiger partial charge < -0.3 is 0 Å². The molecule has 0 aliphatic heterocycles. The highest BCUT2D eigenvalue weighted by Gasteiger charge is 2.38. The predicted molar refractivity (Wildman–Crippen MR) is 102 cm³/mol. The maximum absolute atomic E-state index is 4.60. The molecule has 0 amide bonds. The van der Waals surface area contributed by atoms with Crippen molar-refractivity contribution in [3.8, 4) is 0 Å². The Bertz CT molecular complexity index is 448. The van der Waals surface area contributed by atoms with E-state index in [9.17, 15) is 0 Å². The average molecular weight is 314 g/mol. The van der Waals surface area contributed by atoms with Crippen molar-refractivity contribution >= 4 is 0 Å². The molecular formula is C22H35N. The normalized spacial score (nSPS) is 16.8. The molecule has 23 heavy (non-hydrogen) atoms. The van der Waals surface area contributed by atoms with E-state index < -0.39 is 0 Å². The molecule has 2 rings (SSSR count). The first-order chi connectivity index (χ1) is 11.2. The lowest BCUT2D eigenvalue weighted by atomic mass is 9.73. The highest BCUT2D eigenvalue weighted by Crippen LogP contribution is 2.46. The minimum Gasteiger partial charge on any atom is -0.299 e. The Hall–Kier alpha value is -1.08. The van der Waals surface area contributed by atoms with E-state index in [1.54, 1.807) is 0 Å². The van der Waals surface area contributed by atoms with Gasteiger partial charge in [-0.3, -0.25) is 4.90 Å². The maximum atomic E-state index is 4.60. The van der Waals surface area contributed by atoms with Crippen molar-refractivity contribution in [3.05, 3.63) is 48.0 Å². The summed E-state index contributed by atoms with van der Waals surface area (Å²) < 4.78 is 0. The molecule has 0 spiro atoms. The fourth-order valence-corrected chi connectivity index (χ4v) is 4.04. The molecule has 1 saturated carbocycles. The fraction of sp³-hybridized carbons (Fsp3) is 0.636. The Labute approximate surface area is 143 Å². The standard InChI is InChI=1S/C22H35N/c1-4-6-17-23(18-7-5-2)19-20(3)22(15-11-12-16-22)21-13-9-8-10-14-21/h8-10,13-14H,3-7,11-12,15-19H2,1-2H3. The quantitative estimate of drug-likeness (QED) is 0.482. The van der Waals surface area contributed by atoms with Gasteiger partial charge in [-0.1, -0.05) is 82.0 Å². The molecule has 0 aromatic heterocycles. The van der Waals surface area contributed by atoms with Crippen molar-refractivity contribution in [1.82, 2.24) is 4.90 Å². The Morgan fingerprint density at radius 3 is 2.09 bits per heavy atom. The zero-order valence-corrected chi connectivity index (χ0v) is 15.3. The first-order valence-electron chi connectivity index (χ1n) is 9.69. The van der Waals surface area contributed by atoms with Crippen molar-refractivity contribution in [3.63, 3.8) is 0 Å². The number of unbranched alkanes of at least 4 members (excludes halogenated alkanes) is 2. The lowest BCUT2D eigenvalue weighted by Crippen LogP contribution is -2.35. The van der Waals surface area contributed by atoms with Crippen LogP contribution in [0.1, 0.15) is 70.8 Å². The van der Waals surface area contributed by atoms with E-state index in [1.165, 1.54) is 75.6 Å². The molecule has 0 N–H and O–H groups in total. The van der Waals surface area contributed by atoms with Crippen molar-refractivity contribution < 1.29 is 0 Å². The van der Waals surface area contributed by atoms with Crippen molar-refractivity contribution in [2.75, 3.05) is 19.6 Å². The van der Waals surface area contributed by atoms with Gasteiger partial charge >= 0.3 is 0 Å². The van der Waals surface area contributed by atoms with Crippen LogP contribution >= 0.6 is 0 Å². The Balaban J connectivity index is 2.10. The molecule has 0 radical (unpaired) electrons. The second-order valence-corrected chi connectivity index (χ2v) is 7.24. The van der Waals surface area contributed by atoms with E-state index in [0.717, 1.165) is 6.54 Å². The molecule has 0 atom stereocenters. The van der Waals surface area contributed by atoms with Gasteiger partial charge in [0.05, 0.1) is 0 Å². The number of nitrogens with zero attached hydrogens (tertiary/aromatic N) is 1. The Morgan fingerprint density at radius 1 is 1.00 bits per heavy atom. The maximum Gasteiger partial charge on any atom is 0.0199 e. The van der Waals surface area contributed by atoms with E-state index in [1.807, 2.05) is 0 Å². The predicted octanol–water partition coefficient (Wildman–Crippen LogP) is 5.96. The molecule has 0 heterocycles. The molecule has 1 aromatic carbocycles. The molecular weight excluding hydrogens is 278 g/mol. The molecule has 1 aliphatic carbocycles. The van der Waals surface area contributed by atoms with Gasteiger partial charge in [-0.2, -0.15) is 0 Å². The molecule has 1 aliphatic rings. The molecule has 0 bridgehead atoms. The van der Waals surface area contributed by atoms with E-state index in [0.29, 0.717) is 0 Å². The molecule has 1 aromatic rings. The summed E-state index contributed by atoms with van der Waals surface area (Å²) in [4.78, 5) is 2.65. The van der Waals surface area contributed by atoms with Crippen molar-refractivity contribution in [1.29, 1.82) is 0 Å². The second-order valence-electron chi connectivity index (χ2n) is 7.24. The summed E-state index contributed by atoms with van der Waals surface area (Å²) in [5, 5.41) is 0. The highest BCUT2D eigenvalue weighted by atomic mass is 15.1. The zero-order valence-electron chi connectivity index (χ0n) is 15.3. The van der Waals surface area contributed by atoms with Gasteiger partial charge in [0.2, 0.25) is 0 Å². The molecule has 1 fully saturated rings. The third kappa shape index (κ3) is 4.70. The van der Waals surface area contributed by atoms with Gasteiger partial charge in [-0.05, 0) is 44.3 Å². The van der Waals surface area contributed by atoms with Crippen molar-refractivity contribution in [2.45, 2.75) is 70.6 Å². The summed E-state index contributed by atoms with van der Waals surface area (Å²) in [6.07, 6.45) is 10.4. The molecule has 0 saturated heterocycles. The van der Waals surface area contributed by atoms with Crippen LogP contribution in [0.15, 0.2) is 42.5 Å². The third-order valence-corrected chi connectivity index (χ3v) is 5.53. The van der Waals surface area contributed by atoms with Gasteiger partial charge in [0.1, 0.15) is 0 Å². The third-order valence-electron chi connectivity index (χ3n) is 5.53. The Kier molecular flexibility index (Phi) is 7.36. The monoisotopic (exact) mass is 313 g/mol. The van der Waals surface area contributed by atoms with Gasteiger partial charge in [-0.25, -0.2) is 0 Å². The van der Waals surface area contributed by atoms with Crippen LogP contribution < -0.4 is 0 Å². The summed E-state index contributed by atoms with van der Waals surface area (Å²) in [6.45, 7) is 12.7. The Morgan fingerprint density at radius 2 is 1.57 bits per heavy atom. The van der Waals surface area contributed by atoms with E-state index >= 15 is 0 Å². The minimum absolute atomic E-state index is 0.234. The van der Waals surface area contributed by atoms with Gasteiger partial charge in [-0.15, -0.1) is 0 Å². The van der Waals surface area contributed by atoms with E-state index in [4.69, 9.17) is 0 Å². The fourth-order valence-electron chi connectivity index (χ4n) is 4.04. The SMILES string of the molecule is C=C(CN(CCCC)CCCC)C1(c2ccccc2)CCCC1. The number of rotatable bonds is 10. The summed E-state index contributed by atoms with van der Waals surface area (Å²) in [5.41, 5.74) is 3.18. The average Bonchev–Trinajstić information content (AvgIpc) is 3.09. The van der Waals surface area contributed by atoms with Crippen LogP contribution in [0.3, 0.4) is 0 Å². The van der Waals surface area contributed by atoms with Gasteiger partial charge in [0.25, 0.3) is 0 Å². The van der Waals surface area contributed by atoms with Crippen molar-refractivity contribution in [2.24, 2.45) is 0 Å². The number of hydrogen-bond donors (Lipinski definition) is 0. The van der Waals surface area contributed by atoms with Crippen LogP contribution in [-0.4, -0.2) is 24.5 Å². The van der Waals surface area contributed by atoms with Crippen LogP contribution in [0.4, 0.5) is 0 Å². The van der Waals surface area contributed by atoms with Crippen LogP contribution in [0.25, 0.3) is 0 Å². The van der Waals surface area contributed by atoms with Crippen LogP contribution in [0.5, 0.6) is 0 Å². The summed E-state index contributed by atoms with van der Waals surface area (Å²) in [5.74, 6) is 0. The summed E-state index contributed by atoms with van der Waals surface area (Å²) in [6, 6.07) is 11.1.